The number of hydrogen-bond acceptors (Lipinski definition) is 4. The van der Waals surface area contributed by atoms with E-state index in [9.17, 15) is 9.18 Å². The first kappa shape index (κ1) is 17.3. The first-order valence-electron chi connectivity index (χ1n) is 7.00. The third-order valence-electron chi connectivity index (χ3n) is 3.71. The Morgan fingerprint density at radius 3 is 2.70 bits per heavy atom. The van der Waals surface area contributed by atoms with Gasteiger partial charge in [-0.3, -0.25) is 0 Å². The van der Waals surface area contributed by atoms with Crippen molar-refractivity contribution in [2.45, 2.75) is 12.6 Å². The Morgan fingerprint density at radius 2 is 2.00 bits per heavy atom. The van der Waals surface area contributed by atoms with E-state index in [1.807, 2.05) is 6.07 Å². The fraction of sp³-hybridized carbons (Fsp3) is 0.235. The number of carbonyl (C=O) groups is 1. The van der Waals surface area contributed by atoms with E-state index in [0.717, 1.165) is 11.1 Å². The van der Waals surface area contributed by atoms with E-state index in [-0.39, 0.29) is 25.4 Å². The lowest BCUT2D eigenvalue weighted by Gasteiger charge is -2.15. The molecule has 2 aromatic rings. The van der Waals surface area contributed by atoms with Crippen molar-refractivity contribution in [2.75, 3.05) is 13.7 Å². The van der Waals surface area contributed by atoms with Crippen molar-refractivity contribution < 1.29 is 18.7 Å². The van der Waals surface area contributed by atoms with Gasteiger partial charge in [0.1, 0.15) is 18.2 Å². The molecule has 122 valence electrons. The number of methoxy groups -OCH3 is 1. The van der Waals surface area contributed by atoms with Gasteiger partial charge in [-0.05, 0) is 29.8 Å². The topological polar surface area (TPSA) is 47.6 Å². The number of carbonyl (C=O) groups excluding carboxylic acids is 1. The average Bonchev–Trinajstić information content (AvgIpc) is 2.77. The second kappa shape index (κ2) is 7.48. The summed E-state index contributed by atoms with van der Waals surface area (Å²) in [5, 5.41) is 3.37. The van der Waals surface area contributed by atoms with Crippen LogP contribution in [0.1, 0.15) is 27.5 Å². The Morgan fingerprint density at radius 1 is 1.26 bits per heavy atom. The second-order valence-electron chi connectivity index (χ2n) is 5.11. The lowest BCUT2D eigenvalue weighted by Crippen LogP contribution is -2.23. The molecule has 23 heavy (non-hydrogen) atoms. The maximum Gasteiger partial charge on any atom is 0.337 e. The minimum Gasteiger partial charge on any atom is -0.491 e. The molecule has 0 fully saturated rings. The third-order valence-corrected chi connectivity index (χ3v) is 3.71. The number of esters is 1. The van der Waals surface area contributed by atoms with Gasteiger partial charge >= 0.3 is 5.97 Å². The molecule has 0 bridgehead atoms. The summed E-state index contributed by atoms with van der Waals surface area (Å²) in [6, 6.07) is 11.6. The molecule has 0 amide bonds. The molecule has 1 aliphatic rings. The number of fused-ring (bicyclic) bond motifs is 1. The SMILES string of the molecule is COC(=O)c1ccc2c(c1)OC[C@H](c1ccc(F)cc1)NC2.S. The highest BCUT2D eigenvalue weighted by atomic mass is 32.1. The zero-order valence-electron chi connectivity index (χ0n) is 12.6. The van der Waals surface area contributed by atoms with Crippen LogP contribution >= 0.6 is 13.5 Å². The molecule has 2 aromatic carbocycles. The van der Waals surface area contributed by atoms with Crippen molar-refractivity contribution in [3.05, 3.63) is 65.0 Å². The van der Waals surface area contributed by atoms with Crippen molar-refractivity contribution >= 4 is 19.5 Å². The fourth-order valence-electron chi connectivity index (χ4n) is 2.45. The number of benzene rings is 2. The van der Waals surface area contributed by atoms with Crippen LogP contribution in [0, 0.1) is 5.82 Å². The average molecular weight is 335 g/mol. The molecule has 0 aliphatic carbocycles. The highest BCUT2D eigenvalue weighted by Crippen LogP contribution is 2.27. The number of halogens is 1. The van der Waals surface area contributed by atoms with Crippen LogP contribution in [-0.4, -0.2) is 19.7 Å². The van der Waals surface area contributed by atoms with E-state index in [2.05, 4.69) is 5.32 Å². The van der Waals surface area contributed by atoms with Crippen molar-refractivity contribution in [1.82, 2.24) is 5.32 Å². The summed E-state index contributed by atoms with van der Waals surface area (Å²) >= 11 is 0. The van der Waals surface area contributed by atoms with Gasteiger partial charge in [0.05, 0.1) is 18.7 Å². The Labute approximate surface area is 141 Å². The van der Waals surface area contributed by atoms with E-state index in [1.54, 1.807) is 24.3 Å². The van der Waals surface area contributed by atoms with Crippen LogP contribution in [0.3, 0.4) is 0 Å². The van der Waals surface area contributed by atoms with Gasteiger partial charge in [-0.2, -0.15) is 13.5 Å². The summed E-state index contributed by atoms with van der Waals surface area (Å²) in [4.78, 5) is 11.6. The van der Waals surface area contributed by atoms with Crippen molar-refractivity contribution in [3.63, 3.8) is 0 Å². The molecule has 0 saturated carbocycles. The summed E-state index contributed by atoms with van der Waals surface area (Å²) in [6.45, 7) is 1.02. The smallest absolute Gasteiger partial charge is 0.337 e. The Bertz CT molecular complexity index is 691. The fourth-order valence-corrected chi connectivity index (χ4v) is 2.45. The van der Waals surface area contributed by atoms with Gasteiger partial charge in [0.25, 0.3) is 0 Å². The highest BCUT2D eigenvalue weighted by Gasteiger charge is 2.19. The summed E-state index contributed by atoms with van der Waals surface area (Å²) in [6.07, 6.45) is 0. The van der Waals surface area contributed by atoms with Gasteiger partial charge in [0.2, 0.25) is 0 Å². The van der Waals surface area contributed by atoms with Crippen molar-refractivity contribution in [2.24, 2.45) is 0 Å². The molecule has 0 aromatic heterocycles. The maximum atomic E-state index is 13.0. The third kappa shape index (κ3) is 3.83. The maximum absolute atomic E-state index is 13.0. The first-order valence-corrected chi connectivity index (χ1v) is 7.00. The van der Waals surface area contributed by atoms with Crippen molar-refractivity contribution in [1.29, 1.82) is 0 Å². The van der Waals surface area contributed by atoms with Crippen molar-refractivity contribution in [3.8, 4) is 5.75 Å². The van der Waals surface area contributed by atoms with E-state index in [1.165, 1.54) is 19.2 Å². The monoisotopic (exact) mass is 335 g/mol. The lowest BCUT2D eigenvalue weighted by molar-refractivity contribution is 0.0600. The number of ether oxygens (including phenoxy) is 2. The van der Waals surface area contributed by atoms with Crippen LogP contribution in [0.15, 0.2) is 42.5 Å². The standard InChI is InChI=1S/C17H16FNO3.H2S/c1-21-17(20)12-2-3-13-9-19-15(10-22-16(13)8-12)11-4-6-14(18)7-5-11;/h2-8,15,19H,9-10H2,1H3;1H2/t15-;/m1./s1. The highest BCUT2D eigenvalue weighted by molar-refractivity contribution is 7.59. The molecule has 1 N–H and O–H groups in total. The predicted molar refractivity (Wildman–Crippen MR) is 89.6 cm³/mol. The van der Waals surface area contributed by atoms with Gasteiger partial charge in [0.15, 0.2) is 0 Å². The van der Waals surface area contributed by atoms with Gasteiger partial charge in [0, 0.05) is 12.1 Å². The van der Waals surface area contributed by atoms with E-state index in [0.29, 0.717) is 24.5 Å². The molecule has 0 radical (unpaired) electrons. The second-order valence-corrected chi connectivity index (χ2v) is 5.11. The van der Waals surface area contributed by atoms with Crippen LogP contribution < -0.4 is 10.1 Å². The molecule has 1 atom stereocenters. The molecule has 0 unspecified atom stereocenters. The molecule has 6 heteroatoms. The minimum absolute atomic E-state index is 0. The Balaban J connectivity index is 0.00000192. The van der Waals surface area contributed by atoms with E-state index >= 15 is 0 Å². The number of rotatable bonds is 2. The van der Waals surface area contributed by atoms with Gasteiger partial charge < -0.3 is 14.8 Å². The Hall–Kier alpha value is -2.05. The minimum atomic E-state index is -0.390. The molecular weight excluding hydrogens is 317 g/mol. The van der Waals surface area contributed by atoms with Gasteiger partial charge in [-0.15, -0.1) is 0 Å². The summed E-state index contributed by atoms with van der Waals surface area (Å²) in [5.74, 6) is 0.0167. The molecule has 4 nitrogen and oxygen atoms in total. The van der Waals surface area contributed by atoms with Gasteiger partial charge in [-0.25, -0.2) is 9.18 Å². The normalized spacial score (nSPS) is 16.3. The number of hydrogen-bond donors (Lipinski definition) is 1. The summed E-state index contributed by atoms with van der Waals surface area (Å²) in [5.41, 5.74) is 2.39. The molecule has 1 aliphatic heterocycles. The van der Waals surface area contributed by atoms with E-state index < -0.39 is 5.97 Å². The predicted octanol–water partition coefficient (Wildman–Crippen LogP) is 2.95. The zero-order valence-corrected chi connectivity index (χ0v) is 13.6. The number of nitrogens with one attached hydrogen (secondary N) is 1. The quantitative estimate of drug-likeness (QED) is 0.857. The van der Waals surface area contributed by atoms with Crippen LogP contribution in [0.2, 0.25) is 0 Å². The summed E-state index contributed by atoms with van der Waals surface area (Å²) in [7, 11) is 1.35. The first-order chi connectivity index (χ1) is 10.7. The summed E-state index contributed by atoms with van der Waals surface area (Å²) < 4.78 is 23.5. The van der Waals surface area contributed by atoms with Crippen LogP contribution in [0.4, 0.5) is 4.39 Å². The van der Waals surface area contributed by atoms with Crippen LogP contribution in [-0.2, 0) is 11.3 Å². The Kier molecular flexibility index (Phi) is 5.63. The van der Waals surface area contributed by atoms with Crippen LogP contribution in [0.5, 0.6) is 5.75 Å². The molecule has 0 saturated heterocycles. The van der Waals surface area contributed by atoms with Gasteiger partial charge in [-0.1, -0.05) is 18.2 Å². The van der Waals surface area contributed by atoms with Crippen LogP contribution in [0.25, 0.3) is 0 Å². The van der Waals surface area contributed by atoms with E-state index in [4.69, 9.17) is 9.47 Å². The molecule has 0 spiro atoms. The zero-order chi connectivity index (χ0) is 15.5. The molecule has 3 rings (SSSR count). The molecular formula is C17H18FNO3S. The lowest BCUT2D eigenvalue weighted by atomic mass is 10.1. The largest absolute Gasteiger partial charge is 0.491 e. The molecule has 1 heterocycles.